The van der Waals surface area contributed by atoms with E-state index in [4.69, 9.17) is 4.74 Å². The number of amides is 1. The zero-order chi connectivity index (χ0) is 16.8. The fourth-order valence-corrected chi connectivity index (χ4v) is 2.90. The molecule has 0 saturated carbocycles. The van der Waals surface area contributed by atoms with Crippen LogP contribution in [0.25, 0.3) is 0 Å². The molecule has 1 saturated heterocycles. The molecule has 0 bridgehead atoms. The van der Waals surface area contributed by atoms with Gasteiger partial charge in [-0.25, -0.2) is 9.78 Å². The van der Waals surface area contributed by atoms with Crippen LogP contribution in [0.15, 0.2) is 12.4 Å². The van der Waals surface area contributed by atoms with Crippen molar-refractivity contribution in [1.29, 1.82) is 0 Å². The van der Waals surface area contributed by atoms with Crippen LogP contribution >= 0.6 is 0 Å². The number of aromatic nitrogens is 2. The molecule has 2 rings (SSSR count). The maximum atomic E-state index is 12.5. The highest BCUT2D eigenvalue weighted by Crippen LogP contribution is 2.34. The van der Waals surface area contributed by atoms with Crippen LogP contribution in [0.5, 0.6) is 0 Å². The zero-order valence-electron chi connectivity index (χ0n) is 13.7. The largest absolute Gasteiger partial charge is 0.480 e. The molecular formula is C16H25N3O4. The average molecular weight is 323 g/mol. The molecule has 1 unspecified atom stereocenters. The van der Waals surface area contributed by atoms with Crippen molar-refractivity contribution in [3.63, 3.8) is 0 Å². The number of hydrogen-bond donors (Lipinski definition) is 2. The summed E-state index contributed by atoms with van der Waals surface area (Å²) in [6.45, 7) is 5.22. The lowest BCUT2D eigenvalue weighted by atomic mass is 9.98. The molecule has 1 aliphatic heterocycles. The minimum atomic E-state index is -0.989. The molecule has 23 heavy (non-hydrogen) atoms. The van der Waals surface area contributed by atoms with Crippen LogP contribution in [0.2, 0.25) is 0 Å². The molecule has 0 aromatic carbocycles. The molecule has 7 nitrogen and oxygen atoms in total. The fraction of sp³-hybridized carbons (Fsp3) is 0.688. The van der Waals surface area contributed by atoms with Crippen molar-refractivity contribution in [2.75, 3.05) is 6.61 Å². The molecular weight excluding hydrogens is 298 g/mol. The summed E-state index contributed by atoms with van der Waals surface area (Å²) in [4.78, 5) is 28.1. The molecule has 1 fully saturated rings. The summed E-state index contributed by atoms with van der Waals surface area (Å²) in [5.74, 6) is -0.921. The fourth-order valence-electron chi connectivity index (χ4n) is 2.90. The predicted octanol–water partition coefficient (Wildman–Crippen LogP) is 1.74. The van der Waals surface area contributed by atoms with Gasteiger partial charge in [-0.05, 0) is 19.8 Å². The Morgan fingerprint density at radius 1 is 1.52 bits per heavy atom. The van der Waals surface area contributed by atoms with Gasteiger partial charge in [0, 0.05) is 25.5 Å². The molecule has 7 heteroatoms. The van der Waals surface area contributed by atoms with Gasteiger partial charge in [-0.1, -0.05) is 19.8 Å². The highest BCUT2D eigenvalue weighted by Gasteiger charge is 2.38. The molecule has 2 heterocycles. The van der Waals surface area contributed by atoms with Gasteiger partial charge in [-0.2, -0.15) is 0 Å². The van der Waals surface area contributed by atoms with Crippen molar-refractivity contribution < 1.29 is 19.4 Å². The van der Waals surface area contributed by atoms with Gasteiger partial charge in [0.15, 0.2) is 0 Å². The van der Waals surface area contributed by atoms with Gasteiger partial charge >= 0.3 is 5.97 Å². The second-order valence-corrected chi connectivity index (χ2v) is 5.80. The number of carboxylic acid groups (broad SMARTS) is 1. The van der Waals surface area contributed by atoms with E-state index in [0.29, 0.717) is 19.4 Å². The van der Waals surface area contributed by atoms with E-state index >= 15 is 0 Å². The lowest BCUT2D eigenvalue weighted by Crippen LogP contribution is -2.44. The third-order valence-corrected chi connectivity index (χ3v) is 4.23. The van der Waals surface area contributed by atoms with E-state index in [1.165, 1.54) is 0 Å². The van der Waals surface area contributed by atoms with E-state index in [-0.39, 0.29) is 5.91 Å². The minimum Gasteiger partial charge on any atom is -0.480 e. The van der Waals surface area contributed by atoms with Crippen molar-refractivity contribution >= 4 is 11.9 Å². The topological polar surface area (TPSA) is 93.5 Å². The van der Waals surface area contributed by atoms with E-state index < -0.39 is 24.0 Å². The van der Waals surface area contributed by atoms with E-state index in [1.54, 1.807) is 6.20 Å². The SMILES string of the molecule is CCCCC(NC(=O)[C@@H]1CCO[C@H]1c1nccn1CC)C(=O)O. The third-order valence-electron chi connectivity index (χ3n) is 4.23. The van der Waals surface area contributed by atoms with Crippen LogP contribution in [-0.4, -0.2) is 39.2 Å². The second-order valence-electron chi connectivity index (χ2n) is 5.80. The molecule has 128 valence electrons. The smallest absolute Gasteiger partial charge is 0.326 e. The maximum Gasteiger partial charge on any atom is 0.326 e. The summed E-state index contributed by atoms with van der Waals surface area (Å²) in [5.41, 5.74) is 0. The Bertz CT molecular complexity index is 543. The Morgan fingerprint density at radius 3 is 2.96 bits per heavy atom. The summed E-state index contributed by atoms with van der Waals surface area (Å²) >= 11 is 0. The van der Waals surface area contributed by atoms with Crippen LogP contribution in [0.4, 0.5) is 0 Å². The first-order chi connectivity index (χ1) is 11.1. The molecule has 3 atom stereocenters. The number of aryl methyl sites for hydroxylation is 1. The Hall–Kier alpha value is -1.89. The van der Waals surface area contributed by atoms with Crippen molar-refractivity contribution in [3.05, 3.63) is 18.2 Å². The van der Waals surface area contributed by atoms with E-state index in [1.807, 2.05) is 24.6 Å². The predicted molar refractivity (Wildman–Crippen MR) is 83.8 cm³/mol. The van der Waals surface area contributed by atoms with Gasteiger partial charge in [0.25, 0.3) is 0 Å². The Morgan fingerprint density at radius 2 is 2.30 bits per heavy atom. The van der Waals surface area contributed by atoms with Gasteiger partial charge in [0.2, 0.25) is 5.91 Å². The Labute approximate surface area is 136 Å². The van der Waals surface area contributed by atoms with Crippen LogP contribution < -0.4 is 5.32 Å². The number of rotatable bonds is 8. The van der Waals surface area contributed by atoms with Crippen molar-refractivity contribution in [2.45, 2.75) is 58.2 Å². The molecule has 1 amide bonds. The number of imidazole rings is 1. The highest BCUT2D eigenvalue weighted by atomic mass is 16.5. The summed E-state index contributed by atoms with van der Waals surface area (Å²) < 4.78 is 7.65. The van der Waals surface area contributed by atoms with E-state index in [2.05, 4.69) is 10.3 Å². The van der Waals surface area contributed by atoms with Crippen LogP contribution in [0, 0.1) is 5.92 Å². The maximum absolute atomic E-state index is 12.5. The first-order valence-electron chi connectivity index (χ1n) is 8.24. The number of nitrogens with zero attached hydrogens (tertiary/aromatic N) is 2. The number of carbonyl (C=O) groups is 2. The molecule has 2 N–H and O–H groups in total. The summed E-state index contributed by atoms with van der Waals surface area (Å²) in [6, 6.07) is -0.838. The van der Waals surface area contributed by atoms with Gasteiger partial charge in [-0.15, -0.1) is 0 Å². The number of carboxylic acids is 1. The number of unbranched alkanes of at least 4 members (excludes halogenated alkanes) is 1. The number of ether oxygens (including phenoxy) is 1. The molecule has 0 radical (unpaired) electrons. The Kier molecular flexibility index (Phi) is 6.15. The second kappa shape index (κ2) is 8.10. The normalized spacial score (nSPS) is 22.0. The summed E-state index contributed by atoms with van der Waals surface area (Å²) in [5, 5.41) is 11.9. The average Bonchev–Trinajstić information content (AvgIpc) is 3.18. The number of hydrogen-bond acceptors (Lipinski definition) is 4. The standard InChI is InChI=1S/C16H25N3O4/c1-3-5-6-12(16(21)22)18-15(20)11-7-10-23-13(11)14-17-8-9-19(14)4-2/h8-9,11-13H,3-7,10H2,1-2H3,(H,18,20)(H,21,22)/t11-,12?,13-/m1/s1. The van der Waals surface area contributed by atoms with Crippen molar-refractivity contribution in [3.8, 4) is 0 Å². The van der Waals surface area contributed by atoms with Gasteiger partial charge in [0.05, 0.1) is 5.92 Å². The number of nitrogens with one attached hydrogen (secondary N) is 1. The lowest BCUT2D eigenvalue weighted by Gasteiger charge is -2.21. The van der Waals surface area contributed by atoms with Gasteiger partial charge < -0.3 is 19.7 Å². The molecule has 0 aliphatic carbocycles. The number of aliphatic carboxylic acids is 1. The van der Waals surface area contributed by atoms with E-state index in [9.17, 15) is 14.7 Å². The van der Waals surface area contributed by atoms with Crippen LogP contribution in [0.3, 0.4) is 0 Å². The summed E-state index contributed by atoms with van der Waals surface area (Å²) in [6.07, 6.45) is 5.81. The monoisotopic (exact) mass is 323 g/mol. The Balaban J connectivity index is 2.06. The number of carbonyl (C=O) groups excluding carboxylic acids is 1. The third kappa shape index (κ3) is 4.10. The van der Waals surface area contributed by atoms with Crippen molar-refractivity contribution in [2.24, 2.45) is 5.92 Å². The first kappa shape index (κ1) is 17.5. The lowest BCUT2D eigenvalue weighted by molar-refractivity contribution is -0.143. The molecule has 0 spiro atoms. The molecule has 1 aromatic heterocycles. The zero-order valence-corrected chi connectivity index (χ0v) is 13.7. The van der Waals surface area contributed by atoms with Gasteiger partial charge in [0.1, 0.15) is 18.0 Å². The molecule has 1 aromatic rings. The first-order valence-corrected chi connectivity index (χ1v) is 8.24. The molecule has 1 aliphatic rings. The minimum absolute atomic E-state index is 0.262. The van der Waals surface area contributed by atoms with Crippen LogP contribution in [0.1, 0.15) is 51.5 Å². The quantitative estimate of drug-likeness (QED) is 0.760. The van der Waals surface area contributed by atoms with E-state index in [0.717, 1.165) is 25.2 Å². The van der Waals surface area contributed by atoms with Crippen LogP contribution in [-0.2, 0) is 20.9 Å². The highest BCUT2D eigenvalue weighted by molar-refractivity contribution is 5.85. The van der Waals surface area contributed by atoms with Crippen molar-refractivity contribution in [1.82, 2.24) is 14.9 Å². The van der Waals surface area contributed by atoms with Gasteiger partial charge in [-0.3, -0.25) is 4.79 Å². The summed E-state index contributed by atoms with van der Waals surface area (Å²) in [7, 11) is 0.